The minimum Gasteiger partial charge on any atom is -0.0958 e. The highest BCUT2D eigenvalue weighted by atomic mass is 14.2. The molecule has 0 unspecified atom stereocenters. The van der Waals surface area contributed by atoms with Crippen LogP contribution >= 0.6 is 0 Å². The van der Waals surface area contributed by atoms with E-state index in [1.807, 2.05) is 0 Å². The molecule has 0 heteroatoms. The van der Waals surface area contributed by atoms with Crippen molar-refractivity contribution in [2.45, 2.75) is 52.9 Å². The first kappa shape index (κ1) is 12.3. The van der Waals surface area contributed by atoms with Gasteiger partial charge in [0, 0.05) is 0 Å². The van der Waals surface area contributed by atoms with Crippen molar-refractivity contribution in [1.29, 1.82) is 0 Å². The van der Waals surface area contributed by atoms with Gasteiger partial charge < -0.3 is 0 Å². The van der Waals surface area contributed by atoms with Gasteiger partial charge in [0.1, 0.15) is 0 Å². The van der Waals surface area contributed by atoms with Gasteiger partial charge in [-0.15, -0.1) is 0 Å². The second kappa shape index (κ2) is 5.34. The van der Waals surface area contributed by atoms with Gasteiger partial charge in [-0.1, -0.05) is 49.8 Å². The predicted molar refractivity (Wildman–Crippen MR) is 68.9 cm³/mol. The average Bonchev–Trinajstić information content (AvgIpc) is 2.15. The molecule has 0 heterocycles. The van der Waals surface area contributed by atoms with Crippen LogP contribution in [0.4, 0.5) is 0 Å². The van der Waals surface area contributed by atoms with Crippen LogP contribution in [0.15, 0.2) is 36.0 Å². The van der Waals surface area contributed by atoms with E-state index in [0.29, 0.717) is 5.41 Å². The molecule has 0 N–H and O–H groups in total. The van der Waals surface area contributed by atoms with Crippen molar-refractivity contribution in [3.05, 3.63) is 36.0 Å². The highest BCUT2D eigenvalue weighted by molar-refractivity contribution is 5.18. The summed E-state index contributed by atoms with van der Waals surface area (Å²) >= 11 is 0. The smallest absolute Gasteiger partial charge is 0.0172 e. The molecule has 0 amide bonds. The molecule has 0 saturated carbocycles. The molecule has 0 fully saturated rings. The molecule has 0 aromatic rings. The molecule has 0 aliphatic heterocycles. The van der Waals surface area contributed by atoms with E-state index in [1.54, 1.807) is 5.57 Å². The van der Waals surface area contributed by atoms with Gasteiger partial charge in [-0.3, -0.25) is 0 Å². The number of hydrogen-bond acceptors (Lipinski definition) is 0. The van der Waals surface area contributed by atoms with Crippen molar-refractivity contribution in [1.82, 2.24) is 0 Å². The normalized spacial score (nSPS) is 28.7. The standard InChI is InChI=1S/C15H24/c1-13-7-5-8-14(2)10-12-15(3,4)11-6-9-13/h7,10,12H,2,5-6,8-9,11H2,1,3-4H3/b12-10-,13-7+. The summed E-state index contributed by atoms with van der Waals surface area (Å²) < 4.78 is 0. The van der Waals surface area contributed by atoms with E-state index in [1.165, 1.54) is 24.8 Å². The largest absolute Gasteiger partial charge is 0.0958 e. The molecule has 0 bridgehead atoms. The summed E-state index contributed by atoms with van der Waals surface area (Å²) in [5, 5.41) is 0. The molecule has 0 nitrogen and oxygen atoms in total. The molecule has 1 rings (SSSR count). The van der Waals surface area contributed by atoms with Gasteiger partial charge >= 0.3 is 0 Å². The Kier molecular flexibility index (Phi) is 4.38. The molecule has 15 heavy (non-hydrogen) atoms. The minimum atomic E-state index is 0.327. The summed E-state index contributed by atoms with van der Waals surface area (Å²) in [6.45, 7) is 11.0. The summed E-state index contributed by atoms with van der Waals surface area (Å²) in [5.74, 6) is 0. The molecule has 0 atom stereocenters. The second-order valence-electron chi connectivity index (χ2n) is 5.42. The van der Waals surface area contributed by atoms with Crippen LogP contribution in [0.2, 0.25) is 0 Å². The van der Waals surface area contributed by atoms with Crippen LogP contribution in [0.3, 0.4) is 0 Å². The zero-order valence-corrected chi connectivity index (χ0v) is 10.5. The summed E-state index contributed by atoms with van der Waals surface area (Å²) in [6.07, 6.45) is 13.0. The van der Waals surface area contributed by atoms with Gasteiger partial charge in [0.05, 0.1) is 0 Å². The number of allylic oxidation sites excluding steroid dienone is 5. The van der Waals surface area contributed by atoms with Crippen LogP contribution in [-0.2, 0) is 0 Å². The van der Waals surface area contributed by atoms with E-state index in [4.69, 9.17) is 0 Å². The first-order chi connectivity index (χ1) is 6.99. The molecule has 0 spiro atoms. The van der Waals surface area contributed by atoms with Gasteiger partial charge in [-0.05, 0) is 44.4 Å². The van der Waals surface area contributed by atoms with E-state index < -0.39 is 0 Å². The van der Waals surface area contributed by atoms with Crippen molar-refractivity contribution in [2.75, 3.05) is 0 Å². The predicted octanol–water partition coefficient (Wildman–Crippen LogP) is 5.04. The highest BCUT2D eigenvalue weighted by Gasteiger charge is 2.13. The second-order valence-corrected chi connectivity index (χ2v) is 5.42. The summed E-state index contributed by atoms with van der Waals surface area (Å²) in [5.41, 5.74) is 3.13. The lowest BCUT2D eigenvalue weighted by molar-refractivity contribution is 0.421. The first-order valence-electron chi connectivity index (χ1n) is 6.02. The third-order valence-electron chi connectivity index (χ3n) is 3.12. The minimum absolute atomic E-state index is 0.327. The zero-order chi connectivity index (χ0) is 11.3. The molecular formula is C15H24. The number of rotatable bonds is 0. The van der Waals surface area contributed by atoms with Gasteiger partial charge in [0.2, 0.25) is 0 Å². The van der Waals surface area contributed by atoms with Crippen molar-refractivity contribution >= 4 is 0 Å². The summed E-state index contributed by atoms with van der Waals surface area (Å²) in [6, 6.07) is 0. The van der Waals surface area contributed by atoms with E-state index in [-0.39, 0.29) is 0 Å². The highest BCUT2D eigenvalue weighted by Crippen LogP contribution is 2.27. The molecule has 0 aromatic heterocycles. The van der Waals surface area contributed by atoms with Gasteiger partial charge in [-0.25, -0.2) is 0 Å². The van der Waals surface area contributed by atoms with E-state index >= 15 is 0 Å². The molecule has 84 valence electrons. The first-order valence-corrected chi connectivity index (χ1v) is 6.02. The Morgan fingerprint density at radius 2 is 2.00 bits per heavy atom. The van der Waals surface area contributed by atoms with Crippen LogP contribution in [0, 0.1) is 5.41 Å². The van der Waals surface area contributed by atoms with Crippen LogP contribution < -0.4 is 0 Å². The Labute approximate surface area is 94.8 Å². The topological polar surface area (TPSA) is 0 Å². The third kappa shape index (κ3) is 5.01. The maximum Gasteiger partial charge on any atom is -0.0172 e. The lowest BCUT2D eigenvalue weighted by Gasteiger charge is -2.20. The third-order valence-corrected chi connectivity index (χ3v) is 3.12. The van der Waals surface area contributed by atoms with Crippen molar-refractivity contribution < 1.29 is 0 Å². The molecule has 1 aliphatic rings. The van der Waals surface area contributed by atoms with Crippen LogP contribution in [0.5, 0.6) is 0 Å². The van der Waals surface area contributed by atoms with Gasteiger partial charge in [0.25, 0.3) is 0 Å². The Hall–Kier alpha value is -0.780. The van der Waals surface area contributed by atoms with Gasteiger partial charge in [0.15, 0.2) is 0 Å². The molecule has 0 saturated heterocycles. The molecule has 0 aromatic carbocycles. The molecular weight excluding hydrogens is 180 g/mol. The average molecular weight is 204 g/mol. The van der Waals surface area contributed by atoms with E-state index in [2.05, 4.69) is 45.6 Å². The Bertz CT molecular complexity index is 276. The monoisotopic (exact) mass is 204 g/mol. The zero-order valence-electron chi connectivity index (χ0n) is 10.5. The lowest BCUT2D eigenvalue weighted by atomic mass is 9.86. The molecule has 1 aliphatic carbocycles. The summed E-state index contributed by atoms with van der Waals surface area (Å²) in [4.78, 5) is 0. The molecule has 0 radical (unpaired) electrons. The fourth-order valence-electron chi connectivity index (χ4n) is 1.94. The summed E-state index contributed by atoms with van der Waals surface area (Å²) in [7, 11) is 0. The maximum absolute atomic E-state index is 4.09. The Balaban J connectivity index is 2.71. The van der Waals surface area contributed by atoms with E-state index in [9.17, 15) is 0 Å². The van der Waals surface area contributed by atoms with Crippen LogP contribution in [0.25, 0.3) is 0 Å². The van der Waals surface area contributed by atoms with Crippen LogP contribution in [-0.4, -0.2) is 0 Å². The van der Waals surface area contributed by atoms with E-state index in [0.717, 1.165) is 12.8 Å². The lowest BCUT2D eigenvalue weighted by Crippen LogP contribution is -2.06. The van der Waals surface area contributed by atoms with Gasteiger partial charge in [-0.2, -0.15) is 0 Å². The van der Waals surface area contributed by atoms with Crippen molar-refractivity contribution in [2.24, 2.45) is 5.41 Å². The van der Waals surface area contributed by atoms with Crippen LogP contribution in [0.1, 0.15) is 52.9 Å². The Morgan fingerprint density at radius 3 is 2.73 bits per heavy atom. The maximum atomic E-state index is 4.09. The SMILES string of the molecule is C=C1/C=C\C(C)(C)CCC/C(C)=C/CC1. The Morgan fingerprint density at radius 1 is 1.27 bits per heavy atom. The number of hydrogen-bond donors (Lipinski definition) is 0. The fraction of sp³-hybridized carbons (Fsp3) is 0.600. The quantitative estimate of drug-likeness (QED) is 0.485. The van der Waals surface area contributed by atoms with Crippen molar-refractivity contribution in [3.63, 3.8) is 0 Å². The van der Waals surface area contributed by atoms with Crippen molar-refractivity contribution in [3.8, 4) is 0 Å². The fourth-order valence-corrected chi connectivity index (χ4v) is 1.94.